The van der Waals surface area contributed by atoms with E-state index in [2.05, 4.69) is 4.72 Å². The first kappa shape index (κ1) is 13.8. The number of halogens is 1. The van der Waals surface area contributed by atoms with Crippen molar-refractivity contribution in [3.63, 3.8) is 0 Å². The number of nitrogens with two attached hydrogens (primary N) is 1. The highest BCUT2D eigenvalue weighted by Crippen LogP contribution is 2.20. The van der Waals surface area contributed by atoms with Crippen LogP contribution >= 0.6 is 0 Å². The van der Waals surface area contributed by atoms with Crippen LogP contribution in [0.15, 0.2) is 47.4 Å². The highest BCUT2D eigenvalue weighted by atomic mass is 32.2. The van der Waals surface area contributed by atoms with E-state index in [1.165, 1.54) is 36.4 Å². The van der Waals surface area contributed by atoms with E-state index in [9.17, 15) is 12.8 Å². The molecule has 2 aromatic rings. The van der Waals surface area contributed by atoms with Crippen molar-refractivity contribution in [1.29, 1.82) is 5.26 Å². The quantitative estimate of drug-likeness (QED) is 0.846. The van der Waals surface area contributed by atoms with Gasteiger partial charge < -0.3 is 5.73 Å². The molecule has 7 heteroatoms. The zero-order valence-electron chi connectivity index (χ0n) is 10.2. The predicted octanol–water partition coefficient (Wildman–Crippen LogP) is 2.08. The number of hydrogen-bond donors (Lipinski definition) is 2. The van der Waals surface area contributed by atoms with Crippen LogP contribution in [0.5, 0.6) is 0 Å². The molecule has 0 spiro atoms. The molecule has 0 bridgehead atoms. The summed E-state index contributed by atoms with van der Waals surface area (Å²) < 4.78 is 39.5. The number of nitrogen functional groups attached to an aromatic ring is 1. The van der Waals surface area contributed by atoms with Crippen LogP contribution in [-0.2, 0) is 10.0 Å². The number of nitrogens with zero attached hydrogens (tertiary/aromatic N) is 1. The van der Waals surface area contributed by atoms with Crippen LogP contribution in [0.1, 0.15) is 5.56 Å². The van der Waals surface area contributed by atoms with E-state index in [1.54, 1.807) is 0 Å². The summed E-state index contributed by atoms with van der Waals surface area (Å²) >= 11 is 0. The van der Waals surface area contributed by atoms with E-state index in [0.29, 0.717) is 0 Å². The maximum Gasteiger partial charge on any atom is 0.261 e. The van der Waals surface area contributed by atoms with Gasteiger partial charge in [0.2, 0.25) is 0 Å². The first-order valence-electron chi connectivity index (χ1n) is 5.50. The first-order valence-corrected chi connectivity index (χ1v) is 6.99. The van der Waals surface area contributed by atoms with E-state index in [-0.39, 0.29) is 21.8 Å². The second-order valence-corrected chi connectivity index (χ2v) is 5.66. The first-order chi connectivity index (χ1) is 9.42. The van der Waals surface area contributed by atoms with Crippen LogP contribution < -0.4 is 10.5 Å². The Kier molecular flexibility index (Phi) is 3.59. The SMILES string of the molecule is N#Cc1cccc(S(=O)(=O)Nc2ccc(F)c(N)c2)c1. The lowest BCUT2D eigenvalue weighted by atomic mass is 10.2. The van der Waals surface area contributed by atoms with Crippen LogP contribution in [0.4, 0.5) is 15.8 Å². The van der Waals surface area contributed by atoms with Gasteiger partial charge in [0.05, 0.1) is 27.9 Å². The van der Waals surface area contributed by atoms with Crippen molar-refractivity contribution in [2.45, 2.75) is 4.90 Å². The molecule has 20 heavy (non-hydrogen) atoms. The number of sulfonamides is 1. The Morgan fingerprint density at radius 2 is 1.95 bits per heavy atom. The molecule has 0 saturated heterocycles. The number of anilines is 2. The molecule has 0 aliphatic rings. The van der Waals surface area contributed by atoms with Gasteiger partial charge in [-0.05, 0) is 36.4 Å². The molecule has 0 amide bonds. The van der Waals surface area contributed by atoms with E-state index in [1.807, 2.05) is 6.07 Å². The lowest BCUT2D eigenvalue weighted by molar-refractivity contribution is 0.601. The van der Waals surface area contributed by atoms with Crippen molar-refractivity contribution in [2.24, 2.45) is 0 Å². The minimum atomic E-state index is -3.85. The second kappa shape index (κ2) is 5.19. The summed E-state index contributed by atoms with van der Waals surface area (Å²) in [5.41, 5.74) is 5.59. The standard InChI is InChI=1S/C13H10FN3O2S/c14-12-5-4-10(7-13(12)16)17-20(18,19)11-3-1-2-9(6-11)8-15/h1-7,17H,16H2. The summed E-state index contributed by atoms with van der Waals surface area (Å²) in [5, 5.41) is 8.76. The molecule has 0 atom stereocenters. The fraction of sp³-hybridized carbons (Fsp3) is 0. The normalized spacial score (nSPS) is 10.8. The van der Waals surface area contributed by atoms with Crippen molar-refractivity contribution in [2.75, 3.05) is 10.5 Å². The molecule has 0 aromatic heterocycles. The third-order valence-corrected chi connectivity index (χ3v) is 3.90. The second-order valence-electron chi connectivity index (χ2n) is 3.98. The average molecular weight is 291 g/mol. The number of rotatable bonds is 3. The van der Waals surface area contributed by atoms with Crippen molar-refractivity contribution >= 4 is 21.4 Å². The van der Waals surface area contributed by atoms with Crippen molar-refractivity contribution in [3.05, 3.63) is 53.8 Å². The fourth-order valence-corrected chi connectivity index (χ4v) is 2.65. The molecule has 102 valence electrons. The van der Waals surface area contributed by atoms with Crippen LogP contribution in [0.25, 0.3) is 0 Å². The Balaban J connectivity index is 2.35. The van der Waals surface area contributed by atoms with Crippen LogP contribution in [0, 0.1) is 17.1 Å². The monoisotopic (exact) mass is 291 g/mol. The van der Waals surface area contributed by atoms with Crippen molar-refractivity contribution < 1.29 is 12.8 Å². The smallest absolute Gasteiger partial charge is 0.261 e. The van der Waals surface area contributed by atoms with Crippen LogP contribution in [0.2, 0.25) is 0 Å². The maximum atomic E-state index is 13.0. The zero-order chi connectivity index (χ0) is 14.8. The molecule has 0 radical (unpaired) electrons. The van der Waals surface area contributed by atoms with Crippen molar-refractivity contribution in [1.82, 2.24) is 0 Å². The highest BCUT2D eigenvalue weighted by molar-refractivity contribution is 7.92. The van der Waals surface area contributed by atoms with Gasteiger partial charge in [-0.2, -0.15) is 5.26 Å². The van der Waals surface area contributed by atoms with Gasteiger partial charge in [-0.1, -0.05) is 6.07 Å². The van der Waals surface area contributed by atoms with Crippen LogP contribution in [0.3, 0.4) is 0 Å². The van der Waals surface area contributed by atoms with E-state index >= 15 is 0 Å². The molecular formula is C13H10FN3O2S. The van der Waals surface area contributed by atoms with Crippen molar-refractivity contribution in [3.8, 4) is 6.07 Å². The summed E-state index contributed by atoms with van der Waals surface area (Å²) in [6, 6.07) is 10.9. The molecule has 0 heterocycles. The van der Waals surface area contributed by atoms with Gasteiger partial charge in [0, 0.05) is 0 Å². The fourth-order valence-electron chi connectivity index (χ4n) is 1.55. The summed E-state index contributed by atoms with van der Waals surface area (Å²) in [5.74, 6) is -0.626. The van der Waals surface area contributed by atoms with Gasteiger partial charge in [0.25, 0.3) is 10.0 Å². The highest BCUT2D eigenvalue weighted by Gasteiger charge is 2.15. The molecule has 3 N–H and O–H groups in total. The molecular weight excluding hydrogens is 281 g/mol. The molecule has 0 saturated carbocycles. The van der Waals surface area contributed by atoms with Crippen LogP contribution in [-0.4, -0.2) is 8.42 Å². The van der Waals surface area contributed by atoms with Gasteiger partial charge >= 0.3 is 0 Å². The van der Waals surface area contributed by atoms with Gasteiger partial charge in [-0.15, -0.1) is 0 Å². The van der Waals surface area contributed by atoms with Gasteiger partial charge in [0.15, 0.2) is 0 Å². The summed E-state index contributed by atoms with van der Waals surface area (Å²) in [7, 11) is -3.85. The molecule has 0 unspecified atom stereocenters. The maximum absolute atomic E-state index is 13.0. The summed E-state index contributed by atoms with van der Waals surface area (Å²) in [6.45, 7) is 0. The number of nitrogens with one attached hydrogen (secondary N) is 1. The van der Waals surface area contributed by atoms with Gasteiger partial charge in [-0.3, -0.25) is 4.72 Å². The molecule has 5 nitrogen and oxygen atoms in total. The number of hydrogen-bond acceptors (Lipinski definition) is 4. The third kappa shape index (κ3) is 2.87. The number of nitriles is 1. The Hall–Kier alpha value is -2.59. The largest absolute Gasteiger partial charge is 0.396 e. The van der Waals surface area contributed by atoms with Gasteiger partial charge in [-0.25, -0.2) is 12.8 Å². The van der Waals surface area contributed by atoms with E-state index < -0.39 is 15.8 Å². The Bertz CT molecular complexity index is 798. The topological polar surface area (TPSA) is 96.0 Å². The molecule has 2 aromatic carbocycles. The zero-order valence-corrected chi connectivity index (χ0v) is 11.0. The van der Waals surface area contributed by atoms with E-state index in [4.69, 9.17) is 11.0 Å². The Morgan fingerprint density at radius 3 is 2.60 bits per heavy atom. The van der Waals surface area contributed by atoms with E-state index in [0.717, 1.165) is 6.07 Å². The molecule has 0 aliphatic carbocycles. The minimum absolute atomic E-state index is 0.0561. The molecule has 0 fully saturated rings. The Morgan fingerprint density at radius 1 is 1.20 bits per heavy atom. The Labute approximate surface area is 115 Å². The third-order valence-electron chi connectivity index (χ3n) is 2.52. The average Bonchev–Trinajstić information content (AvgIpc) is 2.43. The number of benzene rings is 2. The minimum Gasteiger partial charge on any atom is -0.396 e. The molecule has 0 aliphatic heterocycles. The lowest BCUT2D eigenvalue weighted by Crippen LogP contribution is -2.13. The predicted molar refractivity (Wildman–Crippen MR) is 72.8 cm³/mol. The molecule has 2 rings (SSSR count). The summed E-state index contributed by atoms with van der Waals surface area (Å²) in [4.78, 5) is -0.0561. The van der Waals surface area contributed by atoms with Gasteiger partial charge in [0.1, 0.15) is 5.82 Å². The summed E-state index contributed by atoms with van der Waals surface area (Å²) in [6.07, 6.45) is 0. The lowest BCUT2D eigenvalue weighted by Gasteiger charge is -2.09.